The fraction of sp³-hybridized carbons (Fsp3) is 0.333. The second-order valence-electron chi connectivity index (χ2n) is 3.53. The van der Waals surface area contributed by atoms with Crippen LogP contribution >= 0.6 is 15.6 Å². The summed E-state index contributed by atoms with van der Waals surface area (Å²) in [5.74, 6) is 0.0141. The Balaban J connectivity index is 2.80. The lowest BCUT2D eigenvalue weighted by atomic mass is 10.1. The van der Waals surface area contributed by atoms with Gasteiger partial charge in [-0.25, -0.2) is 9.13 Å². The molecule has 0 spiro atoms. The van der Waals surface area contributed by atoms with E-state index >= 15 is 0 Å². The van der Waals surface area contributed by atoms with E-state index in [0.29, 0.717) is 0 Å². The van der Waals surface area contributed by atoms with Crippen LogP contribution in [-0.2, 0) is 19.9 Å². The SMILES string of the molecule is CCCc1cccc(OP(=O)(O)OP(=O)(O)O)c1. The molecule has 0 saturated carbocycles. The topological polar surface area (TPSA) is 113 Å². The van der Waals surface area contributed by atoms with Crippen LogP contribution in [-0.4, -0.2) is 14.7 Å². The molecule has 102 valence electrons. The smallest absolute Gasteiger partial charge is 0.404 e. The van der Waals surface area contributed by atoms with Gasteiger partial charge in [0.15, 0.2) is 0 Å². The third-order valence-corrected chi connectivity index (χ3v) is 3.99. The van der Waals surface area contributed by atoms with Crippen molar-refractivity contribution in [3.8, 4) is 5.75 Å². The van der Waals surface area contributed by atoms with Gasteiger partial charge in [-0.05, 0) is 24.1 Å². The molecule has 0 bridgehead atoms. The van der Waals surface area contributed by atoms with E-state index in [4.69, 9.17) is 14.7 Å². The van der Waals surface area contributed by atoms with Crippen LogP contribution in [0.3, 0.4) is 0 Å². The molecule has 0 aliphatic rings. The van der Waals surface area contributed by atoms with E-state index in [0.717, 1.165) is 18.4 Å². The Labute approximate surface area is 104 Å². The van der Waals surface area contributed by atoms with Crippen molar-refractivity contribution in [2.45, 2.75) is 19.8 Å². The van der Waals surface area contributed by atoms with Gasteiger partial charge in [0, 0.05) is 0 Å². The highest BCUT2D eigenvalue weighted by molar-refractivity contribution is 7.60. The molecule has 0 fully saturated rings. The van der Waals surface area contributed by atoms with Gasteiger partial charge in [-0.2, -0.15) is 4.31 Å². The average molecular weight is 296 g/mol. The molecule has 0 radical (unpaired) electrons. The Hall–Kier alpha value is -0.680. The maximum Gasteiger partial charge on any atom is 0.536 e. The molecule has 1 unspecified atom stereocenters. The Morgan fingerprint density at radius 1 is 1.22 bits per heavy atom. The molecule has 7 nitrogen and oxygen atoms in total. The van der Waals surface area contributed by atoms with Crippen molar-refractivity contribution in [1.82, 2.24) is 0 Å². The molecule has 0 amide bonds. The molecule has 1 rings (SSSR count). The maximum absolute atomic E-state index is 11.3. The van der Waals surface area contributed by atoms with E-state index < -0.39 is 15.6 Å². The Morgan fingerprint density at radius 3 is 2.44 bits per heavy atom. The molecule has 1 atom stereocenters. The molecular formula is C9H14O7P2. The first-order valence-electron chi connectivity index (χ1n) is 5.10. The quantitative estimate of drug-likeness (QED) is 0.690. The van der Waals surface area contributed by atoms with E-state index in [1.54, 1.807) is 6.07 Å². The van der Waals surface area contributed by atoms with E-state index in [1.807, 2.05) is 13.0 Å². The Morgan fingerprint density at radius 2 is 1.89 bits per heavy atom. The van der Waals surface area contributed by atoms with Crippen LogP contribution in [0, 0.1) is 0 Å². The van der Waals surface area contributed by atoms with Crippen LogP contribution in [0.15, 0.2) is 24.3 Å². The predicted octanol–water partition coefficient (Wildman–Crippen LogP) is 2.23. The summed E-state index contributed by atoms with van der Waals surface area (Å²) in [6.45, 7) is 1.97. The van der Waals surface area contributed by atoms with E-state index in [2.05, 4.69) is 8.83 Å². The first kappa shape index (κ1) is 15.4. The predicted molar refractivity (Wildman–Crippen MR) is 64.0 cm³/mol. The third kappa shape index (κ3) is 5.78. The largest absolute Gasteiger partial charge is 0.536 e. The van der Waals surface area contributed by atoms with Crippen LogP contribution in [0.5, 0.6) is 5.75 Å². The fourth-order valence-corrected chi connectivity index (χ4v) is 2.92. The lowest BCUT2D eigenvalue weighted by molar-refractivity contribution is 0.229. The molecule has 0 saturated heterocycles. The second-order valence-corrected chi connectivity index (χ2v) is 6.28. The normalized spacial score (nSPS) is 15.1. The van der Waals surface area contributed by atoms with E-state index in [1.165, 1.54) is 12.1 Å². The van der Waals surface area contributed by atoms with Crippen molar-refractivity contribution in [1.29, 1.82) is 0 Å². The molecule has 0 heterocycles. The summed E-state index contributed by atoms with van der Waals surface area (Å²) in [5.41, 5.74) is 0.881. The van der Waals surface area contributed by atoms with E-state index in [9.17, 15) is 9.13 Å². The molecule has 9 heteroatoms. The van der Waals surface area contributed by atoms with Crippen molar-refractivity contribution >= 4 is 15.6 Å². The van der Waals surface area contributed by atoms with Crippen molar-refractivity contribution in [2.75, 3.05) is 0 Å². The monoisotopic (exact) mass is 296 g/mol. The average Bonchev–Trinajstić information content (AvgIpc) is 2.13. The van der Waals surface area contributed by atoms with Crippen LogP contribution in [0.2, 0.25) is 0 Å². The minimum atomic E-state index is -5.09. The second kappa shape index (κ2) is 5.97. The van der Waals surface area contributed by atoms with Gasteiger partial charge < -0.3 is 14.3 Å². The molecule has 0 aliphatic heterocycles. The lowest BCUT2D eigenvalue weighted by Gasteiger charge is -2.13. The van der Waals surface area contributed by atoms with Gasteiger partial charge in [-0.3, -0.25) is 4.89 Å². The lowest BCUT2D eigenvalue weighted by Crippen LogP contribution is -1.96. The van der Waals surface area contributed by atoms with Crippen molar-refractivity contribution in [2.24, 2.45) is 0 Å². The van der Waals surface area contributed by atoms with Crippen molar-refractivity contribution in [3.63, 3.8) is 0 Å². The summed E-state index contributed by atoms with van der Waals surface area (Å²) in [6, 6.07) is 6.32. The minimum absolute atomic E-state index is 0.0141. The number of hydrogen-bond acceptors (Lipinski definition) is 4. The molecule has 3 N–H and O–H groups in total. The summed E-state index contributed by atoms with van der Waals surface area (Å²) < 4.78 is 30.0. The Bertz CT molecular complexity index is 495. The van der Waals surface area contributed by atoms with Gasteiger partial charge in [-0.1, -0.05) is 25.5 Å². The number of benzene rings is 1. The van der Waals surface area contributed by atoms with Gasteiger partial charge in [0.05, 0.1) is 0 Å². The highest BCUT2D eigenvalue weighted by Crippen LogP contribution is 2.57. The summed E-state index contributed by atoms with van der Waals surface area (Å²) in [5, 5.41) is 0. The van der Waals surface area contributed by atoms with E-state index in [-0.39, 0.29) is 5.75 Å². The van der Waals surface area contributed by atoms with Gasteiger partial charge in [0.25, 0.3) is 0 Å². The number of rotatable bonds is 6. The number of phosphoric acid groups is 2. The fourth-order valence-electron chi connectivity index (χ4n) is 1.33. The van der Waals surface area contributed by atoms with Crippen LogP contribution in [0.25, 0.3) is 0 Å². The zero-order chi connectivity index (χ0) is 13.8. The van der Waals surface area contributed by atoms with Crippen LogP contribution in [0.1, 0.15) is 18.9 Å². The number of phosphoric ester groups is 1. The van der Waals surface area contributed by atoms with Gasteiger partial charge in [0.2, 0.25) is 0 Å². The number of aryl methyl sites for hydroxylation is 1. The molecular weight excluding hydrogens is 282 g/mol. The molecule has 18 heavy (non-hydrogen) atoms. The highest BCUT2D eigenvalue weighted by atomic mass is 31.3. The van der Waals surface area contributed by atoms with Gasteiger partial charge in [0.1, 0.15) is 5.75 Å². The van der Waals surface area contributed by atoms with Crippen LogP contribution in [0.4, 0.5) is 0 Å². The summed E-state index contributed by atoms with van der Waals surface area (Å²) >= 11 is 0. The summed E-state index contributed by atoms with van der Waals surface area (Å²) in [4.78, 5) is 26.0. The molecule has 0 aliphatic carbocycles. The zero-order valence-electron chi connectivity index (χ0n) is 9.59. The third-order valence-electron chi connectivity index (χ3n) is 1.87. The standard InChI is InChI=1S/C9H14O7P2/c1-2-4-8-5-3-6-9(7-8)15-18(13,14)16-17(10,11)12/h3,5-7H,2,4H2,1H3,(H,13,14)(H2,10,11,12). The zero-order valence-corrected chi connectivity index (χ0v) is 11.4. The Kier molecular flexibility index (Phi) is 5.10. The molecule has 1 aromatic rings. The van der Waals surface area contributed by atoms with Gasteiger partial charge >= 0.3 is 15.6 Å². The van der Waals surface area contributed by atoms with Crippen molar-refractivity contribution in [3.05, 3.63) is 29.8 Å². The molecule has 1 aromatic carbocycles. The van der Waals surface area contributed by atoms with Gasteiger partial charge in [-0.15, -0.1) is 0 Å². The number of hydrogen-bond donors (Lipinski definition) is 3. The summed E-state index contributed by atoms with van der Waals surface area (Å²) in [6.07, 6.45) is 1.64. The first-order valence-corrected chi connectivity index (χ1v) is 8.12. The summed E-state index contributed by atoms with van der Waals surface area (Å²) in [7, 11) is -9.92. The first-order chi connectivity index (χ1) is 8.22. The highest BCUT2D eigenvalue weighted by Gasteiger charge is 2.33. The minimum Gasteiger partial charge on any atom is -0.404 e. The maximum atomic E-state index is 11.3. The molecule has 0 aromatic heterocycles. The van der Waals surface area contributed by atoms with Crippen LogP contribution < -0.4 is 4.52 Å². The van der Waals surface area contributed by atoms with Crippen molar-refractivity contribution < 1.29 is 32.6 Å².